The summed E-state index contributed by atoms with van der Waals surface area (Å²) in [5, 5.41) is 8.55. The van der Waals surface area contributed by atoms with Crippen LogP contribution >= 0.6 is 15.9 Å². The third-order valence-electron chi connectivity index (χ3n) is 1.91. The Morgan fingerprint density at radius 2 is 2.36 bits per heavy atom. The minimum absolute atomic E-state index is 0.283. The van der Waals surface area contributed by atoms with Crippen molar-refractivity contribution in [2.75, 3.05) is 0 Å². The molecular weight excluding hydrogens is 249 g/mol. The molecule has 5 heteroatoms. The molecule has 1 heterocycles. The minimum Gasteiger partial charge on any atom is -0.314 e. The van der Waals surface area contributed by atoms with Gasteiger partial charge >= 0.3 is 0 Å². The molecule has 0 atom stereocenters. The van der Waals surface area contributed by atoms with Crippen molar-refractivity contribution in [3.8, 4) is 6.07 Å². The monoisotopic (exact) mass is 253 g/mol. The number of fused-ring (bicyclic) bond motifs is 1. The van der Waals surface area contributed by atoms with E-state index >= 15 is 0 Å². The van der Waals surface area contributed by atoms with Crippen LogP contribution in [-0.4, -0.2) is 9.97 Å². The average molecular weight is 254 g/mol. The maximum atomic E-state index is 12.8. The summed E-state index contributed by atoms with van der Waals surface area (Å²) in [6.07, 6.45) is -0.333. The summed E-state index contributed by atoms with van der Waals surface area (Å²) in [5.74, 6) is 0. The van der Waals surface area contributed by atoms with Gasteiger partial charge in [-0.2, -0.15) is 9.65 Å². The van der Waals surface area contributed by atoms with Gasteiger partial charge in [-0.15, -0.1) is 0 Å². The van der Waals surface area contributed by atoms with Crippen LogP contribution in [0.25, 0.3) is 11.0 Å². The Balaban J connectivity index is 2.69. The van der Waals surface area contributed by atoms with E-state index < -0.39 is 6.08 Å². The van der Waals surface area contributed by atoms with Gasteiger partial charge in [0.25, 0.3) is 6.08 Å². The van der Waals surface area contributed by atoms with Gasteiger partial charge in [0.1, 0.15) is 5.52 Å². The molecule has 1 N–H and O–H groups in total. The van der Waals surface area contributed by atoms with Crippen LogP contribution in [-0.2, 0) is 6.42 Å². The highest BCUT2D eigenvalue weighted by molar-refractivity contribution is 9.10. The summed E-state index contributed by atoms with van der Waals surface area (Å²) in [6.45, 7) is 0. The molecule has 70 valence electrons. The number of benzene rings is 1. The maximum Gasteiger partial charge on any atom is 0.287 e. The molecule has 0 saturated carbocycles. The quantitative estimate of drug-likeness (QED) is 0.850. The second-order valence-electron chi connectivity index (χ2n) is 2.80. The van der Waals surface area contributed by atoms with Gasteiger partial charge < -0.3 is 4.98 Å². The Bertz CT molecular complexity index is 527. The third kappa shape index (κ3) is 1.38. The number of hydrogen-bond acceptors (Lipinski definition) is 2. The lowest BCUT2D eigenvalue weighted by Crippen LogP contribution is -1.84. The lowest BCUT2D eigenvalue weighted by molar-refractivity contribution is 0.556. The fourth-order valence-electron chi connectivity index (χ4n) is 1.28. The number of imidazole rings is 1. The fourth-order valence-corrected chi connectivity index (χ4v) is 1.85. The zero-order valence-corrected chi connectivity index (χ0v) is 8.60. The number of aromatic nitrogens is 2. The third-order valence-corrected chi connectivity index (χ3v) is 2.80. The number of rotatable bonds is 1. The number of nitrogens with zero attached hydrogens (tertiary/aromatic N) is 2. The van der Waals surface area contributed by atoms with Crippen molar-refractivity contribution in [1.82, 2.24) is 9.97 Å². The Kier molecular flexibility index (Phi) is 2.22. The largest absolute Gasteiger partial charge is 0.314 e. The summed E-state index contributed by atoms with van der Waals surface area (Å²) in [4.78, 5) is 6.15. The number of halogens is 2. The molecule has 2 rings (SSSR count). The number of hydrogen-bond donors (Lipinski definition) is 1. The van der Waals surface area contributed by atoms with Crippen LogP contribution in [0.3, 0.4) is 0 Å². The Hall–Kier alpha value is -1.41. The van der Waals surface area contributed by atoms with Gasteiger partial charge in [-0.05, 0) is 27.6 Å². The highest BCUT2D eigenvalue weighted by atomic mass is 79.9. The lowest BCUT2D eigenvalue weighted by Gasteiger charge is -1.98. The molecule has 3 nitrogen and oxygen atoms in total. The Morgan fingerprint density at radius 1 is 1.57 bits per heavy atom. The van der Waals surface area contributed by atoms with E-state index in [1.165, 1.54) is 0 Å². The van der Waals surface area contributed by atoms with Gasteiger partial charge in [-0.1, -0.05) is 6.07 Å². The number of aromatic amines is 1. The Morgan fingerprint density at radius 3 is 3.07 bits per heavy atom. The molecule has 0 aliphatic carbocycles. The van der Waals surface area contributed by atoms with Crippen molar-refractivity contribution in [3.05, 3.63) is 28.2 Å². The standard InChI is InChI=1S/C9H5BrFN3/c10-7-5(3-4-12)1-2-6-8(7)14-9(11)13-6/h1-2H,3H2,(H,13,14). The van der Waals surface area contributed by atoms with E-state index in [1.807, 2.05) is 6.07 Å². The molecule has 0 aliphatic rings. The molecule has 0 fully saturated rings. The van der Waals surface area contributed by atoms with Crippen molar-refractivity contribution in [2.24, 2.45) is 0 Å². The van der Waals surface area contributed by atoms with E-state index in [4.69, 9.17) is 5.26 Å². The summed E-state index contributed by atoms with van der Waals surface area (Å²) in [6, 6.07) is 5.52. The number of H-pyrrole nitrogens is 1. The molecule has 0 saturated heterocycles. The summed E-state index contributed by atoms with van der Waals surface area (Å²) < 4.78 is 13.4. The molecule has 0 radical (unpaired) electrons. The zero-order chi connectivity index (χ0) is 10.1. The van der Waals surface area contributed by atoms with Crippen molar-refractivity contribution in [1.29, 1.82) is 5.26 Å². The summed E-state index contributed by atoms with van der Waals surface area (Å²) in [5.41, 5.74) is 1.96. The van der Waals surface area contributed by atoms with Crippen LogP contribution in [0.5, 0.6) is 0 Å². The molecular formula is C9H5BrFN3. The van der Waals surface area contributed by atoms with Gasteiger partial charge in [0.2, 0.25) is 0 Å². The molecule has 0 aliphatic heterocycles. The minimum atomic E-state index is -0.616. The normalized spacial score (nSPS) is 10.4. The van der Waals surface area contributed by atoms with E-state index in [0.717, 1.165) is 5.56 Å². The number of nitrogens with one attached hydrogen (secondary N) is 1. The first kappa shape index (κ1) is 9.16. The Labute approximate surface area is 87.7 Å². The van der Waals surface area contributed by atoms with Crippen molar-refractivity contribution >= 4 is 27.0 Å². The second-order valence-corrected chi connectivity index (χ2v) is 3.59. The van der Waals surface area contributed by atoms with E-state index in [0.29, 0.717) is 15.5 Å². The highest BCUT2D eigenvalue weighted by Crippen LogP contribution is 2.26. The van der Waals surface area contributed by atoms with Gasteiger partial charge in [0.05, 0.1) is 18.0 Å². The van der Waals surface area contributed by atoms with Gasteiger partial charge in [0, 0.05) is 4.47 Å². The smallest absolute Gasteiger partial charge is 0.287 e. The molecule has 0 spiro atoms. The average Bonchev–Trinajstić information content (AvgIpc) is 2.52. The molecule has 1 aromatic carbocycles. The molecule has 0 amide bonds. The molecule has 1 aromatic heterocycles. The van der Waals surface area contributed by atoms with Crippen LogP contribution in [0.4, 0.5) is 4.39 Å². The molecule has 0 unspecified atom stereocenters. The van der Waals surface area contributed by atoms with E-state index in [2.05, 4.69) is 25.9 Å². The SMILES string of the molecule is N#CCc1ccc2[nH]c(F)nc2c1Br. The molecule has 0 bridgehead atoms. The van der Waals surface area contributed by atoms with Gasteiger partial charge in [-0.25, -0.2) is 4.98 Å². The first-order valence-electron chi connectivity index (χ1n) is 3.92. The first-order chi connectivity index (χ1) is 6.72. The van der Waals surface area contributed by atoms with E-state index in [9.17, 15) is 4.39 Å². The molecule has 14 heavy (non-hydrogen) atoms. The van der Waals surface area contributed by atoms with Crippen LogP contribution in [0.15, 0.2) is 16.6 Å². The summed E-state index contributed by atoms with van der Waals surface area (Å²) in [7, 11) is 0. The maximum absolute atomic E-state index is 12.8. The predicted octanol–water partition coefficient (Wildman–Crippen LogP) is 2.53. The van der Waals surface area contributed by atoms with Crippen LogP contribution < -0.4 is 0 Å². The van der Waals surface area contributed by atoms with Crippen molar-refractivity contribution < 1.29 is 4.39 Å². The van der Waals surface area contributed by atoms with Gasteiger partial charge in [-0.3, -0.25) is 0 Å². The van der Waals surface area contributed by atoms with Crippen molar-refractivity contribution in [3.63, 3.8) is 0 Å². The zero-order valence-electron chi connectivity index (χ0n) is 7.01. The van der Waals surface area contributed by atoms with E-state index in [1.54, 1.807) is 12.1 Å². The van der Waals surface area contributed by atoms with E-state index in [-0.39, 0.29) is 6.42 Å². The predicted molar refractivity (Wildman–Crippen MR) is 53.1 cm³/mol. The fraction of sp³-hybridized carbons (Fsp3) is 0.111. The van der Waals surface area contributed by atoms with Crippen LogP contribution in [0.1, 0.15) is 5.56 Å². The first-order valence-corrected chi connectivity index (χ1v) is 4.71. The summed E-state index contributed by atoms with van der Waals surface area (Å²) >= 11 is 3.30. The van der Waals surface area contributed by atoms with Crippen LogP contribution in [0, 0.1) is 17.4 Å². The van der Waals surface area contributed by atoms with Crippen molar-refractivity contribution in [2.45, 2.75) is 6.42 Å². The van der Waals surface area contributed by atoms with Crippen LogP contribution in [0.2, 0.25) is 0 Å². The topological polar surface area (TPSA) is 52.5 Å². The lowest BCUT2D eigenvalue weighted by atomic mass is 10.1. The van der Waals surface area contributed by atoms with Gasteiger partial charge in [0.15, 0.2) is 0 Å². The highest BCUT2D eigenvalue weighted by Gasteiger charge is 2.09. The second kappa shape index (κ2) is 3.39. The number of nitriles is 1. The molecule has 2 aromatic rings.